The maximum absolute atomic E-state index is 13.6. The Morgan fingerprint density at radius 1 is 0.885 bits per heavy atom. The molecule has 3 aromatic rings. The molecule has 2 N–H and O–H groups in total. The number of pyridine rings is 1. The van der Waals surface area contributed by atoms with Gasteiger partial charge in [-0.3, -0.25) is 4.79 Å². The predicted octanol–water partition coefficient (Wildman–Crippen LogP) is 4.80. The molecule has 2 aromatic carbocycles. The number of benzene rings is 2. The summed E-state index contributed by atoms with van der Waals surface area (Å²) in [6.07, 6.45) is 1.48. The number of nitrogens with zero attached hydrogens (tertiary/aromatic N) is 1. The average Bonchev–Trinajstić information content (AvgIpc) is 2.63. The van der Waals surface area contributed by atoms with Crippen molar-refractivity contribution in [3.8, 4) is 0 Å². The summed E-state index contributed by atoms with van der Waals surface area (Å²) in [5, 5.41) is 5.48. The van der Waals surface area contributed by atoms with E-state index in [0.29, 0.717) is 11.8 Å². The second kappa shape index (κ2) is 7.26. The molecule has 0 unspecified atom stereocenters. The van der Waals surface area contributed by atoms with Crippen LogP contribution in [0.4, 0.5) is 30.4 Å². The Kier molecular flexibility index (Phi) is 4.88. The minimum absolute atomic E-state index is 0.147. The summed E-state index contributed by atoms with van der Waals surface area (Å²) in [4.78, 5) is 16.1. The zero-order chi connectivity index (χ0) is 18.7. The van der Waals surface area contributed by atoms with Gasteiger partial charge in [-0.05, 0) is 43.3 Å². The Morgan fingerprint density at radius 2 is 1.58 bits per heavy atom. The first-order chi connectivity index (χ1) is 12.4. The van der Waals surface area contributed by atoms with E-state index < -0.39 is 28.9 Å². The van der Waals surface area contributed by atoms with E-state index >= 15 is 0 Å². The predicted molar refractivity (Wildman–Crippen MR) is 93.0 cm³/mol. The van der Waals surface area contributed by atoms with E-state index in [1.54, 1.807) is 6.07 Å². The van der Waals surface area contributed by atoms with E-state index in [2.05, 4.69) is 15.6 Å². The summed E-state index contributed by atoms with van der Waals surface area (Å²) >= 11 is 0. The smallest absolute Gasteiger partial charge is 0.259 e. The van der Waals surface area contributed by atoms with Crippen molar-refractivity contribution in [2.75, 3.05) is 10.6 Å². The molecule has 1 aromatic heterocycles. The molecule has 0 spiro atoms. The molecule has 0 aliphatic heterocycles. The SMILES string of the molecule is Cc1ccc(Nc2ccc(NC(=O)c3ccc(F)c(F)c3F)nc2)cc1. The van der Waals surface area contributed by atoms with E-state index in [4.69, 9.17) is 0 Å². The summed E-state index contributed by atoms with van der Waals surface area (Å²) < 4.78 is 39.8. The van der Waals surface area contributed by atoms with Gasteiger partial charge >= 0.3 is 0 Å². The number of aromatic nitrogens is 1. The molecule has 0 fully saturated rings. The number of hydrogen-bond acceptors (Lipinski definition) is 3. The molecule has 1 amide bonds. The lowest BCUT2D eigenvalue weighted by atomic mass is 10.2. The largest absolute Gasteiger partial charge is 0.354 e. The fraction of sp³-hybridized carbons (Fsp3) is 0.0526. The number of nitrogens with one attached hydrogen (secondary N) is 2. The van der Waals surface area contributed by atoms with Crippen LogP contribution < -0.4 is 10.6 Å². The van der Waals surface area contributed by atoms with Gasteiger partial charge in [0.15, 0.2) is 17.5 Å². The summed E-state index contributed by atoms with van der Waals surface area (Å²) in [6, 6.07) is 12.5. The van der Waals surface area contributed by atoms with Crippen LogP contribution in [0, 0.1) is 24.4 Å². The molecule has 132 valence electrons. The lowest BCUT2D eigenvalue weighted by Crippen LogP contribution is -2.16. The monoisotopic (exact) mass is 357 g/mol. The number of hydrogen-bond donors (Lipinski definition) is 2. The molecule has 0 bridgehead atoms. The van der Waals surface area contributed by atoms with E-state index in [0.717, 1.165) is 17.3 Å². The molecule has 3 rings (SSSR count). The van der Waals surface area contributed by atoms with Crippen molar-refractivity contribution in [1.29, 1.82) is 0 Å². The van der Waals surface area contributed by atoms with Gasteiger partial charge in [0.2, 0.25) is 0 Å². The normalized spacial score (nSPS) is 10.5. The number of carbonyl (C=O) groups excluding carboxylic acids is 1. The highest BCUT2D eigenvalue weighted by atomic mass is 19.2. The second-order valence-electron chi connectivity index (χ2n) is 5.60. The number of carbonyl (C=O) groups is 1. The quantitative estimate of drug-likeness (QED) is 0.659. The van der Waals surface area contributed by atoms with Gasteiger partial charge in [-0.2, -0.15) is 0 Å². The fourth-order valence-electron chi connectivity index (χ4n) is 2.23. The lowest BCUT2D eigenvalue weighted by Gasteiger charge is -2.09. The van der Waals surface area contributed by atoms with Gasteiger partial charge in [-0.25, -0.2) is 18.2 Å². The Bertz CT molecular complexity index is 941. The number of anilines is 3. The molecule has 1 heterocycles. The Labute approximate surface area is 147 Å². The van der Waals surface area contributed by atoms with Crippen LogP contribution in [0.15, 0.2) is 54.7 Å². The minimum atomic E-state index is -1.69. The zero-order valence-corrected chi connectivity index (χ0v) is 13.7. The standard InChI is InChI=1S/C19H14F3N3O/c1-11-2-4-12(5-3-11)24-13-6-9-16(23-10-13)25-19(26)14-7-8-15(20)18(22)17(14)21/h2-10,24H,1H3,(H,23,25,26). The van der Waals surface area contributed by atoms with Gasteiger partial charge < -0.3 is 10.6 Å². The maximum Gasteiger partial charge on any atom is 0.259 e. The molecule has 0 saturated carbocycles. The maximum atomic E-state index is 13.6. The van der Waals surface area contributed by atoms with Crippen LogP contribution in [0.5, 0.6) is 0 Å². The molecular formula is C19H14F3N3O. The Hall–Kier alpha value is -3.35. The third-order valence-electron chi connectivity index (χ3n) is 3.63. The number of amides is 1. The van der Waals surface area contributed by atoms with Gasteiger partial charge in [0.1, 0.15) is 5.82 Å². The zero-order valence-electron chi connectivity index (χ0n) is 13.7. The van der Waals surface area contributed by atoms with Crippen molar-refractivity contribution >= 4 is 23.1 Å². The minimum Gasteiger partial charge on any atom is -0.354 e. The first kappa shape index (κ1) is 17.5. The molecule has 7 heteroatoms. The van der Waals surface area contributed by atoms with Gasteiger partial charge in [0.25, 0.3) is 5.91 Å². The van der Waals surface area contributed by atoms with Crippen molar-refractivity contribution < 1.29 is 18.0 Å². The van der Waals surface area contributed by atoms with Gasteiger partial charge in [-0.1, -0.05) is 17.7 Å². The van der Waals surface area contributed by atoms with Crippen LogP contribution in [0.1, 0.15) is 15.9 Å². The topological polar surface area (TPSA) is 54.0 Å². The van der Waals surface area contributed by atoms with Crippen LogP contribution in [0.3, 0.4) is 0 Å². The highest BCUT2D eigenvalue weighted by Crippen LogP contribution is 2.19. The number of aryl methyl sites for hydroxylation is 1. The molecule has 26 heavy (non-hydrogen) atoms. The van der Waals surface area contributed by atoms with Gasteiger partial charge in [0, 0.05) is 5.69 Å². The van der Waals surface area contributed by atoms with Gasteiger partial charge in [-0.15, -0.1) is 0 Å². The number of rotatable bonds is 4. The summed E-state index contributed by atoms with van der Waals surface area (Å²) in [6.45, 7) is 1.98. The molecule has 0 aliphatic rings. The molecule has 0 aliphatic carbocycles. The van der Waals surface area contributed by atoms with Crippen molar-refractivity contribution in [1.82, 2.24) is 4.98 Å². The molecular weight excluding hydrogens is 343 g/mol. The van der Waals surface area contributed by atoms with E-state index in [-0.39, 0.29) is 5.82 Å². The third-order valence-corrected chi connectivity index (χ3v) is 3.63. The summed E-state index contributed by atoms with van der Waals surface area (Å²) in [5.74, 6) is -5.37. The summed E-state index contributed by atoms with van der Waals surface area (Å²) in [5.41, 5.74) is 2.09. The van der Waals surface area contributed by atoms with Crippen molar-refractivity contribution in [2.45, 2.75) is 6.92 Å². The fourth-order valence-corrected chi connectivity index (χ4v) is 2.23. The third kappa shape index (κ3) is 3.83. The lowest BCUT2D eigenvalue weighted by molar-refractivity contribution is 0.102. The highest BCUT2D eigenvalue weighted by Gasteiger charge is 2.19. The van der Waals surface area contributed by atoms with Crippen molar-refractivity contribution in [2.24, 2.45) is 0 Å². The van der Waals surface area contributed by atoms with Gasteiger partial charge in [0.05, 0.1) is 17.4 Å². The van der Waals surface area contributed by atoms with Crippen LogP contribution >= 0.6 is 0 Å². The van der Waals surface area contributed by atoms with E-state index in [1.807, 2.05) is 31.2 Å². The van der Waals surface area contributed by atoms with Crippen LogP contribution in [0.2, 0.25) is 0 Å². The van der Waals surface area contributed by atoms with Crippen molar-refractivity contribution in [3.05, 3.63) is 83.3 Å². The highest BCUT2D eigenvalue weighted by molar-refractivity contribution is 6.04. The first-order valence-electron chi connectivity index (χ1n) is 7.68. The molecule has 0 radical (unpaired) electrons. The molecule has 4 nitrogen and oxygen atoms in total. The Morgan fingerprint density at radius 3 is 2.23 bits per heavy atom. The van der Waals surface area contributed by atoms with Crippen LogP contribution in [-0.2, 0) is 0 Å². The number of halogens is 3. The van der Waals surface area contributed by atoms with Crippen LogP contribution in [-0.4, -0.2) is 10.9 Å². The summed E-state index contributed by atoms with van der Waals surface area (Å²) in [7, 11) is 0. The first-order valence-corrected chi connectivity index (χ1v) is 7.68. The van der Waals surface area contributed by atoms with Crippen LogP contribution in [0.25, 0.3) is 0 Å². The van der Waals surface area contributed by atoms with Crippen molar-refractivity contribution in [3.63, 3.8) is 0 Å². The molecule has 0 saturated heterocycles. The average molecular weight is 357 g/mol. The van der Waals surface area contributed by atoms with E-state index in [9.17, 15) is 18.0 Å². The van der Waals surface area contributed by atoms with E-state index in [1.165, 1.54) is 12.3 Å². The Balaban J connectivity index is 1.70. The molecule has 0 atom stereocenters. The second-order valence-corrected chi connectivity index (χ2v) is 5.60.